The highest BCUT2D eigenvalue weighted by Gasteiger charge is 2.28. The Morgan fingerprint density at radius 3 is 2.59 bits per heavy atom. The lowest BCUT2D eigenvalue weighted by atomic mass is 10.1. The number of aryl methyl sites for hydroxylation is 1. The van der Waals surface area contributed by atoms with E-state index in [1.54, 1.807) is 6.07 Å². The van der Waals surface area contributed by atoms with Crippen molar-refractivity contribution >= 4 is 16.9 Å². The number of nitrogens with one attached hydrogen (secondary N) is 2. The van der Waals surface area contributed by atoms with Crippen LogP contribution in [0.15, 0.2) is 39.9 Å². The Balaban J connectivity index is 1.47. The zero-order chi connectivity index (χ0) is 23.7. The van der Waals surface area contributed by atoms with E-state index in [1.807, 2.05) is 25.1 Å². The highest BCUT2D eigenvalue weighted by molar-refractivity contribution is 6.05. The summed E-state index contributed by atoms with van der Waals surface area (Å²) in [7, 11) is 0. The van der Waals surface area contributed by atoms with Gasteiger partial charge in [0.2, 0.25) is 0 Å². The number of hydrogen-bond acceptors (Lipinski definition) is 5. The Hall–Kier alpha value is -3.26. The van der Waals surface area contributed by atoms with Gasteiger partial charge >= 0.3 is 5.69 Å². The van der Waals surface area contributed by atoms with Gasteiger partial charge in [0, 0.05) is 31.2 Å². The van der Waals surface area contributed by atoms with E-state index in [2.05, 4.69) is 26.3 Å². The Morgan fingerprint density at radius 1 is 1.15 bits per heavy atom. The highest BCUT2D eigenvalue weighted by Crippen LogP contribution is 2.39. The summed E-state index contributed by atoms with van der Waals surface area (Å²) >= 11 is 0. The predicted octanol–water partition coefficient (Wildman–Crippen LogP) is 2.90. The van der Waals surface area contributed by atoms with Crippen LogP contribution < -0.4 is 16.6 Å². The molecule has 0 bridgehead atoms. The van der Waals surface area contributed by atoms with Crippen molar-refractivity contribution in [1.29, 1.82) is 0 Å². The first-order valence-corrected chi connectivity index (χ1v) is 12.3. The van der Waals surface area contributed by atoms with Crippen molar-refractivity contribution in [2.24, 2.45) is 0 Å². The van der Waals surface area contributed by atoms with Gasteiger partial charge in [-0.2, -0.15) is 0 Å². The normalized spacial score (nSPS) is 16.3. The van der Waals surface area contributed by atoms with Crippen LogP contribution in [0, 0.1) is 0 Å². The van der Waals surface area contributed by atoms with Gasteiger partial charge in [-0.15, -0.1) is 0 Å². The lowest BCUT2D eigenvalue weighted by Gasteiger charge is -2.18. The number of hydrogen-bond donors (Lipinski definition) is 2. The molecule has 1 aliphatic carbocycles. The topological polar surface area (TPSA) is 100 Å². The first kappa shape index (κ1) is 22.5. The molecule has 2 N–H and O–H groups in total. The molecule has 0 unspecified atom stereocenters. The van der Waals surface area contributed by atoms with Crippen molar-refractivity contribution < 1.29 is 4.79 Å². The molecule has 5 rings (SSSR count). The molecule has 1 saturated carbocycles. The number of pyridine rings is 1. The number of rotatable bonds is 8. The molecule has 2 fully saturated rings. The molecule has 2 aromatic heterocycles. The van der Waals surface area contributed by atoms with Crippen LogP contribution in [0.1, 0.15) is 72.1 Å². The molecule has 178 valence electrons. The minimum Gasteiger partial charge on any atom is -0.348 e. The minimum atomic E-state index is -0.568. The van der Waals surface area contributed by atoms with Crippen molar-refractivity contribution in [3.63, 3.8) is 0 Å². The minimum absolute atomic E-state index is 0.181. The van der Waals surface area contributed by atoms with E-state index in [9.17, 15) is 14.4 Å². The highest BCUT2D eigenvalue weighted by atomic mass is 16.2. The number of carbonyl (C=O) groups excluding carboxylic acids is 1. The van der Waals surface area contributed by atoms with Gasteiger partial charge in [-0.25, -0.2) is 9.78 Å². The van der Waals surface area contributed by atoms with Crippen LogP contribution in [0.4, 0.5) is 0 Å². The first-order chi connectivity index (χ1) is 16.5. The Kier molecular flexibility index (Phi) is 6.32. The number of likely N-dealkylation sites (tertiary alicyclic amines) is 1. The molecule has 0 spiro atoms. The summed E-state index contributed by atoms with van der Waals surface area (Å²) in [6.07, 6.45) is 5.19. The lowest BCUT2D eigenvalue weighted by molar-refractivity contribution is 0.0952. The number of benzene rings is 1. The molecule has 1 saturated heterocycles. The first-order valence-electron chi connectivity index (χ1n) is 12.3. The maximum Gasteiger partial charge on any atom is 0.329 e. The third-order valence-electron chi connectivity index (χ3n) is 6.81. The number of carbonyl (C=O) groups is 1. The van der Waals surface area contributed by atoms with Gasteiger partial charge in [0.15, 0.2) is 5.65 Å². The molecule has 3 heterocycles. The van der Waals surface area contributed by atoms with Crippen LogP contribution in [-0.4, -0.2) is 38.4 Å². The second-order valence-electron chi connectivity index (χ2n) is 9.41. The molecule has 0 radical (unpaired) electrons. The SMILES string of the molecule is CCCn1c(=O)[nH]c(=O)c2c(C(=O)NCc3ccccc3CN3CCCC3)cc(C3CC3)nc21. The molecule has 1 aliphatic heterocycles. The van der Waals surface area contributed by atoms with Crippen molar-refractivity contribution in [3.05, 3.63) is 73.6 Å². The molecule has 8 nitrogen and oxygen atoms in total. The molecular formula is C26H31N5O3. The Bertz CT molecular complexity index is 1330. The molecule has 8 heteroatoms. The van der Waals surface area contributed by atoms with E-state index in [0.29, 0.717) is 25.2 Å². The van der Waals surface area contributed by atoms with Crippen molar-refractivity contribution in [2.45, 2.75) is 64.6 Å². The van der Waals surface area contributed by atoms with Crippen molar-refractivity contribution in [3.8, 4) is 0 Å². The van der Waals surface area contributed by atoms with E-state index in [-0.39, 0.29) is 22.8 Å². The fourth-order valence-corrected chi connectivity index (χ4v) is 4.83. The number of fused-ring (bicyclic) bond motifs is 1. The van der Waals surface area contributed by atoms with Gasteiger partial charge in [-0.3, -0.25) is 24.0 Å². The van der Waals surface area contributed by atoms with E-state index in [0.717, 1.165) is 43.7 Å². The maximum absolute atomic E-state index is 13.4. The molecule has 0 atom stereocenters. The van der Waals surface area contributed by atoms with Crippen LogP contribution in [0.2, 0.25) is 0 Å². The summed E-state index contributed by atoms with van der Waals surface area (Å²) in [5.41, 5.74) is 2.60. The van der Waals surface area contributed by atoms with Gasteiger partial charge in [0.05, 0.1) is 10.9 Å². The van der Waals surface area contributed by atoms with E-state index in [1.165, 1.54) is 23.0 Å². The van der Waals surface area contributed by atoms with Crippen LogP contribution in [0.5, 0.6) is 0 Å². The summed E-state index contributed by atoms with van der Waals surface area (Å²) in [6.45, 7) is 5.85. The zero-order valence-corrected chi connectivity index (χ0v) is 19.6. The van der Waals surface area contributed by atoms with E-state index in [4.69, 9.17) is 0 Å². The quantitative estimate of drug-likeness (QED) is 0.537. The number of nitrogens with zero attached hydrogens (tertiary/aromatic N) is 3. The second-order valence-corrected chi connectivity index (χ2v) is 9.41. The van der Waals surface area contributed by atoms with Gasteiger partial charge in [-0.1, -0.05) is 31.2 Å². The average Bonchev–Trinajstić information content (AvgIpc) is 3.57. The number of H-pyrrole nitrogens is 1. The molecule has 1 aromatic carbocycles. The number of aromatic nitrogens is 3. The van der Waals surface area contributed by atoms with Crippen LogP contribution >= 0.6 is 0 Å². The molecule has 2 aliphatic rings. The molecule has 34 heavy (non-hydrogen) atoms. The van der Waals surface area contributed by atoms with Gasteiger partial charge < -0.3 is 5.32 Å². The zero-order valence-electron chi connectivity index (χ0n) is 19.6. The maximum atomic E-state index is 13.4. The van der Waals surface area contributed by atoms with E-state index >= 15 is 0 Å². The third-order valence-corrected chi connectivity index (χ3v) is 6.81. The standard InChI is InChI=1S/C26H31N5O3/c1-2-11-31-23-22(25(33)29-26(31)34)20(14-21(28-23)17-9-10-17)24(32)27-15-18-7-3-4-8-19(18)16-30-12-5-6-13-30/h3-4,7-8,14,17H,2,5-6,9-13,15-16H2,1H3,(H,27,32)(H,29,33,34). The summed E-state index contributed by atoms with van der Waals surface area (Å²) in [4.78, 5) is 48.2. The lowest BCUT2D eigenvalue weighted by Crippen LogP contribution is -2.33. The van der Waals surface area contributed by atoms with Crippen LogP contribution in [-0.2, 0) is 19.6 Å². The average molecular weight is 462 g/mol. The van der Waals surface area contributed by atoms with Crippen LogP contribution in [0.25, 0.3) is 11.0 Å². The molecular weight excluding hydrogens is 430 g/mol. The van der Waals surface area contributed by atoms with Gasteiger partial charge in [-0.05, 0) is 62.4 Å². The molecule has 1 amide bonds. The predicted molar refractivity (Wildman–Crippen MR) is 131 cm³/mol. The van der Waals surface area contributed by atoms with E-state index < -0.39 is 11.2 Å². The fourth-order valence-electron chi connectivity index (χ4n) is 4.83. The summed E-state index contributed by atoms with van der Waals surface area (Å²) in [5.74, 6) is -0.0425. The fraction of sp³-hybridized carbons (Fsp3) is 0.462. The summed E-state index contributed by atoms with van der Waals surface area (Å²) in [6, 6.07) is 9.90. The Labute approximate surface area is 198 Å². The largest absolute Gasteiger partial charge is 0.348 e. The molecule has 3 aromatic rings. The van der Waals surface area contributed by atoms with Gasteiger partial charge in [0.1, 0.15) is 0 Å². The van der Waals surface area contributed by atoms with Crippen molar-refractivity contribution in [2.75, 3.05) is 13.1 Å². The Morgan fingerprint density at radius 2 is 1.88 bits per heavy atom. The number of amides is 1. The third kappa shape index (κ3) is 4.55. The summed E-state index contributed by atoms with van der Waals surface area (Å²) < 4.78 is 1.48. The second kappa shape index (κ2) is 9.54. The summed E-state index contributed by atoms with van der Waals surface area (Å²) in [5, 5.41) is 3.21. The van der Waals surface area contributed by atoms with Gasteiger partial charge in [0.25, 0.3) is 11.5 Å². The number of aromatic amines is 1. The monoisotopic (exact) mass is 461 g/mol. The van der Waals surface area contributed by atoms with Crippen molar-refractivity contribution in [1.82, 2.24) is 24.8 Å². The smallest absolute Gasteiger partial charge is 0.329 e. The van der Waals surface area contributed by atoms with Crippen LogP contribution in [0.3, 0.4) is 0 Å².